The first-order chi connectivity index (χ1) is 44.1. The molecule has 0 unspecified atom stereocenters. The number of rotatable bonds is 5. The molecule has 0 fully saturated rings. The zero-order valence-electron chi connectivity index (χ0n) is 47.8. The van der Waals surface area contributed by atoms with Crippen LogP contribution in [-0.2, 0) is 0 Å². The molecule has 12 aromatic carbocycles. The van der Waals surface area contributed by atoms with Gasteiger partial charge in [-0.05, 0) is 71.3 Å². The van der Waals surface area contributed by atoms with E-state index in [0.717, 1.165) is 134 Å². The number of ether oxygens (including phenoxy) is 2. The van der Waals surface area contributed by atoms with E-state index in [0.29, 0.717) is 5.95 Å². The molecule has 420 valence electrons. The first-order valence-electron chi connectivity index (χ1n) is 29.6. The van der Waals surface area contributed by atoms with Crippen LogP contribution in [0.15, 0.2) is 303 Å². The second-order valence-corrected chi connectivity index (χ2v) is 22.1. The lowest BCUT2D eigenvalue weighted by atomic mass is 9.96. The molecular weight excluding hydrogens is 1110 g/mol. The van der Waals surface area contributed by atoms with E-state index in [1.807, 2.05) is 121 Å². The first kappa shape index (κ1) is 52.8. The average molecular weight is 1160 g/mol. The summed E-state index contributed by atoms with van der Waals surface area (Å²) in [5.41, 5.74) is 21.2. The molecule has 0 atom stereocenters. The Morgan fingerprint density at radius 3 is 1.30 bits per heavy atom. The van der Waals surface area contributed by atoms with Crippen LogP contribution in [0.3, 0.4) is 0 Å². The van der Waals surface area contributed by atoms with Gasteiger partial charge in [-0.15, -0.1) is 0 Å². The zero-order valence-corrected chi connectivity index (χ0v) is 48.6. The van der Waals surface area contributed by atoms with Gasteiger partial charge < -0.3 is 14.5 Å². The van der Waals surface area contributed by atoms with Crippen LogP contribution in [-0.4, -0.2) is 29.5 Å². The Morgan fingerprint density at radius 2 is 0.708 bits per heavy atom. The van der Waals surface area contributed by atoms with Crippen LogP contribution in [0.2, 0.25) is 5.28 Å². The van der Waals surface area contributed by atoms with E-state index < -0.39 is 0 Å². The number of aromatic nitrogens is 6. The van der Waals surface area contributed by atoms with Gasteiger partial charge in [0, 0.05) is 77.2 Å². The molecular formula is C80H51ClN6O2. The van der Waals surface area contributed by atoms with Gasteiger partial charge in [0.1, 0.15) is 23.0 Å². The summed E-state index contributed by atoms with van der Waals surface area (Å²) in [6, 6.07) is 104. The van der Waals surface area contributed by atoms with Crippen molar-refractivity contribution in [2.45, 2.75) is 0 Å². The Morgan fingerprint density at radius 1 is 0.303 bits per heavy atom. The lowest BCUT2D eigenvalue weighted by molar-refractivity contribution is 0.487. The Balaban J connectivity index is 0.000000120. The molecule has 0 radical (unpaired) electrons. The molecule has 6 heterocycles. The minimum atomic E-state index is 0.280. The van der Waals surface area contributed by atoms with Crippen molar-refractivity contribution in [1.29, 1.82) is 0 Å². The predicted octanol–water partition coefficient (Wildman–Crippen LogP) is 21.6. The van der Waals surface area contributed by atoms with Crippen LogP contribution < -0.4 is 9.47 Å². The molecule has 0 saturated carbocycles. The van der Waals surface area contributed by atoms with Gasteiger partial charge in [-0.2, -0.15) is 0 Å². The van der Waals surface area contributed by atoms with Crippen molar-refractivity contribution in [3.8, 4) is 118 Å². The lowest BCUT2D eigenvalue weighted by Crippen LogP contribution is -2.06. The summed E-state index contributed by atoms with van der Waals surface area (Å²) < 4.78 is 15.2. The van der Waals surface area contributed by atoms with Crippen molar-refractivity contribution < 1.29 is 9.47 Å². The van der Waals surface area contributed by atoms with Crippen molar-refractivity contribution in [3.05, 3.63) is 309 Å². The third kappa shape index (κ3) is 9.52. The van der Waals surface area contributed by atoms with E-state index in [4.69, 9.17) is 31.0 Å². The van der Waals surface area contributed by atoms with Crippen molar-refractivity contribution in [2.24, 2.45) is 0 Å². The number of H-pyrrole nitrogens is 1. The first-order valence-corrected chi connectivity index (χ1v) is 29.9. The smallest absolute Gasteiger partial charge is 0.235 e. The SMILES string of the molecule is Clc1nc(-c2ccccc2)c2ccccc2n1.c1ccc(-c2cccc3c4c([nH]c23)-c2ccccc2Oc2ccccc2-4)cc1.c1ccc(-c2nc(-n3c4c(c5cccc(-c6ccccc6)c53)-c3ccccc3Oc3ccccc3-4)nc3ccccc23)cc1. The molecule has 8 nitrogen and oxygen atoms in total. The van der Waals surface area contributed by atoms with Gasteiger partial charge in [-0.3, -0.25) is 4.57 Å². The highest BCUT2D eigenvalue weighted by Gasteiger charge is 2.31. The fraction of sp³-hybridized carbons (Fsp3) is 0. The van der Waals surface area contributed by atoms with E-state index in [1.165, 1.54) is 22.1 Å². The molecule has 1 N–H and O–H groups in total. The molecule has 2 aliphatic rings. The Kier molecular flexibility index (Phi) is 13.4. The maximum Gasteiger partial charge on any atom is 0.235 e. The van der Waals surface area contributed by atoms with E-state index in [-0.39, 0.29) is 5.28 Å². The number of para-hydroxylation sites is 8. The van der Waals surface area contributed by atoms with Crippen molar-refractivity contribution in [3.63, 3.8) is 0 Å². The van der Waals surface area contributed by atoms with Crippen LogP contribution in [0.5, 0.6) is 23.0 Å². The largest absolute Gasteiger partial charge is 0.456 e. The van der Waals surface area contributed by atoms with Crippen LogP contribution in [0.1, 0.15) is 0 Å². The van der Waals surface area contributed by atoms with Crippen LogP contribution in [0.25, 0.3) is 139 Å². The molecule has 0 saturated heterocycles. The van der Waals surface area contributed by atoms with Crippen LogP contribution >= 0.6 is 11.6 Å². The number of hydrogen-bond donors (Lipinski definition) is 1. The van der Waals surface area contributed by atoms with Gasteiger partial charge in [0.2, 0.25) is 11.2 Å². The highest BCUT2D eigenvalue weighted by Crippen LogP contribution is 2.54. The third-order valence-corrected chi connectivity index (χ3v) is 16.7. The van der Waals surface area contributed by atoms with Gasteiger partial charge in [0.25, 0.3) is 0 Å². The lowest BCUT2D eigenvalue weighted by Gasteiger charge is -2.16. The number of aromatic amines is 1. The highest BCUT2D eigenvalue weighted by molar-refractivity contribution is 6.29. The zero-order chi connectivity index (χ0) is 59.2. The van der Waals surface area contributed by atoms with Crippen molar-refractivity contribution >= 4 is 55.2 Å². The number of fused-ring (bicyclic) bond motifs is 16. The third-order valence-electron chi connectivity index (χ3n) is 16.5. The Hall–Kier alpha value is -11.7. The molecule has 0 bridgehead atoms. The van der Waals surface area contributed by atoms with E-state index >= 15 is 0 Å². The van der Waals surface area contributed by atoms with Gasteiger partial charge in [-0.25, -0.2) is 19.9 Å². The summed E-state index contributed by atoms with van der Waals surface area (Å²) in [4.78, 5) is 22.9. The summed E-state index contributed by atoms with van der Waals surface area (Å²) in [5, 5.41) is 4.64. The topological polar surface area (TPSA) is 90.7 Å². The molecule has 16 aromatic rings. The minimum absolute atomic E-state index is 0.280. The summed E-state index contributed by atoms with van der Waals surface area (Å²) in [5.74, 6) is 4.01. The number of nitrogens with zero attached hydrogens (tertiary/aromatic N) is 5. The van der Waals surface area contributed by atoms with Gasteiger partial charge in [0.15, 0.2) is 0 Å². The van der Waals surface area contributed by atoms with Crippen LogP contribution in [0.4, 0.5) is 0 Å². The highest BCUT2D eigenvalue weighted by atomic mass is 35.5. The van der Waals surface area contributed by atoms with Gasteiger partial charge >= 0.3 is 0 Å². The monoisotopic (exact) mass is 1160 g/mol. The van der Waals surface area contributed by atoms with Gasteiger partial charge in [-0.1, -0.05) is 255 Å². The molecule has 4 aromatic heterocycles. The molecule has 9 heteroatoms. The molecule has 18 rings (SSSR count). The van der Waals surface area contributed by atoms with Crippen LogP contribution in [0, 0.1) is 0 Å². The van der Waals surface area contributed by atoms with Crippen molar-refractivity contribution in [1.82, 2.24) is 29.5 Å². The quantitative estimate of drug-likeness (QED) is 0.173. The Bertz CT molecular complexity index is 5340. The molecule has 0 amide bonds. The fourth-order valence-electron chi connectivity index (χ4n) is 12.6. The summed E-state index contributed by atoms with van der Waals surface area (Å²) in [6.45, 7) is 0. The maximum atomic E-state index is 6.61. The number of nitrogens with one attached hydrogen (secondary N) is 1. The molecule has 0 aliphatic carbocycles. The normalized spacial score (nSPS) is 11.6. The van der Waals surface area contributed by atoms with Gasteiger partial charge in [0.05, 0.1) is 44.8 Å². The number of benzene rings is 12. The van der Waals surface area contributed by atoms with E-state index in [2.05, 4.69) is 202 Å². The second kappa shape index (κ2) is 22.6. The standard InChI is InChI=1S/C40H25N3O.C26H17NO.C14H9ClN2/c1-3-14-26(15-4-1)28-21-13-22-32-36-30-19-8-11-24-34(30)44-35-25-12-9-20-31(35)39(36)43(38(28)32)40-41-33-23-10-7-18-29(33)37(42-40)27-16-5-2-6-17-27;1-2-9-17(10-3-1)18-13-8-14-21-24-19-11-4-6-15-22(19)28-23-16-7-5-12-20(23)26(24)27-25(18)21;15-14-16-12-9-5-4-8-11(12)13(17-14)10-6-2-1-3-7-10/h1-25H;1-16,27H;1-9H. The minimum Gasteiger partial charge on any atom is -0.456 e. The van der Waals surface area contributed by atoms with E-state index in [9.17, 15) is 0 Å². The second-order valence-electron chi connectivity index (χ2n) is 21.8. The summed E-state index contributed by atoms with van der Waals surface area (Å²) in [6.07, 6.45) is 0. The fourth-order valence-corrected chi connectivity index (χ4v) is 12.8. The predicted molar refractivity (Wildman–Crippen MR) is 363 cm³/mol. The summed E-state index contributed by atoms with van der Waals surface area (Å²) >= 11 is 5.95. The molecule has 89 heavy (non-hydrogen) atoms. The molecule has 2 aliphatic heterocycles. The van der Waals surface area contributed by atoms with E-state index in [1.54, 1.807) is 0 Å². The number of halogens is 1. The summed E-state index contributed by atoms with van der Waals surface area (Å²) in [7, 11) is 0. The molecule has 0 spiro atoms. The maximum absolute atomic E-state index is 6.61. The number of hydrogen-bond acceptors (Lipinski definition) is 6. The van der Waals surface area contributed by atoms with Crippen molar-refractivity contribution in [2.75, 3.05) is 0 Å². The Labute approximate surface area is 518 Å². The average Bonchev–Trinajstić information content (AvgIpc) is 1.60.